The number of nitrogens with one attached hydrogen (secondary N) is 1. The molecule has 0 unspecified atom stereocenters. The minimum atomic E-state index is -0.398. The molecule has 1 amide bonds. The normalized spacial score (nSPS) is 29.7. The van der Waals surface area contributed by atoms with Crippen molar-refractivity contribution in [3.05, 3.63) is 0 Å². The number of carbonyl (C=O) groups excluding carboxylic acids is 1. The van der Waals surface area contributed by atoms with Crippen molar-refractivity contribution >= 4 is 6.09 Å². The van der Waals surface area contributed by atoms with Crippen LogP contribution in [0.1, 0.15) is 46.5 Å². The summed E-state index contributed by atoms with van der Waals surface area (Å²) in [6.07, 6.45) is 4.40. The Balaban J connectivity index is 2.04. The van der Waals surface area contributed by atoms with Gasteiger partial charge in [-0.1, -0.05) is 6.42 Å². The molecule has 0 aliphatic carbocycles. The highest BCUT2D eigenvalue weighted by atomic mass is 16.6. The Morgan fingerprint density at radius 2 is 2.06 bits per heavy atom. The highest BCUT2D eigenvalue weighted by Gasteiger charge is 2.37. The number of fused-ring (bicyclic) bond motifs is 1. The molecule has 4 heteroatoms. The van der Waals surface area contributed by atoms with Gasteiger partial charge in [-0.3, -0.25) is 0 Å². The highest BCUT2D eigenvalue weighted by molar-refractivity contribution is 5.68. The molecule has 98 valence electrons. The lowest BCUT2D eigenvalue weighted by Gasteiger charge is -2.32. The number of nitrogens with zero attached hydrogens (tertiary/aromatic N) is 1. The molecule has 1 N–H and O–H groups in total. The molecule has 0 saturated carbocycles. The number of likely N-dealkylation sites (tertiary alicyclic amines) is 1. The van der Waals surface area contributed by atoms with E-state index < -0.39 is 5.60 Å². The van der Waals surface area contributed by atoms with Crippen molar-refractivity contribution in [1.29, 1.82) is 0 Å². The van der Waals surface area contributed by atoms with E-state index >= 15 is 0 Å². The molecular formula is C13H24N2O2. The molecule has 2 heterocycles. The number of hydrogen-bond acceptors (Lipinski definition) is 3. The molecule has 0 radical (unpaired) electrons. The predicted molar refractivity (Wildman–Crippen MR) is 67.0 cm³/mol. The maximum Gasteiger partial charge on any atom is 0.410 e. The van der Waals surface area contributed by atoms with Gasteiger partial charge in [-0.2, -0.15) is 0 Å². The lowest BCUT2D eigenvalue weighted by atomic mass is 10.1. The van der Waals surface area contributed by atoms with E-state index in [1.54, 1.807) is 0 Å². The van der Waals surface area contributed by atoms with Gasteiger partial charge in [0.15, 0.2) is 0 Å². The number of ether oxygens (including phenoxy) is 1. The summed E-state index contributed by atoms with van der Waals surface area (Å²) in [6.45, 7) is 7.64. The third-order valence-electron chi connectivity index (χ3n) is 3.50. The van der Waals surface area contributed by atoms with Crippen LogP contribution >= 0.6 is 0 Å². The standard InChI is InChI=1S/C13H24N2O2/c1-13(2,3)17-12(16)15-9-5-4-6-10-11(15)7-8-14-10/h10-11,14H,4-9H2,1-3H3/t10-,11-/m0/s1. The monoisotopic (exact) mass is 240 g/mol. The van der Waals surface area contributed by atoms with Crippen molar-refractivity contribution in [3.63, 3.8) is 0 Å². The van der Waals surface area contributed by atoms with Gasteiger partial charge in [0.2, 0.25) is 0 Å². The van der Waals surface area contributed by atoms with Crippen LogP contribution in [0.15, 0.2) is 0 Å². The maximum absolute atomic E-state index is 12.2. The van der Waals surface area contributed by atoms with Crippen LogP contribution in [0.25, 0.3) is 0 Å². The summed E-state index contributed by atoms with van der Waals surface area (Å²) < 4.78 is 5.50. The van der Waals surface area contributed by atoms with E-state index in [0.29, 0.717) is 12.1 Å². The predicted octanol–water partition coefficient (Wildman–Crippen LogP) is 2.14. The molecule has 0 aromatic heterocycles. The van der Waals surface area contributed by atoms with Gasteiger partial charge >= 0.3 is 6.09 Å². The number of rotatable bonds is 0. The highest BCUT2D eigenvalue weighted by Crippen LogP contribution is 2.25. The molecule has 2 saturated heterocycles. The summed E-state index contributed by atoms with van der Waals surface area (Å²) in [4.78, 5) is 14.1. The molecule has 0 spiro atoms. The van der Waals surface area contributed by atoms with Crippen molar-refractivity contribution in [2.45, 2.75) is 64.1 Å². The van der Waals surface area contributed by atoms with Crippen molar-refractivity contribution in [1.82, 2.24) is 10.2 Å². The van der Waals surface area contributed by atoms with Crippen LogP contribution in [0.5, 0.6) is 0 Å². The second-order valence-electron chi connectivity index (χ2n) is 6.09. The van der Waals surface area contributed by atoms with E-state index in [1.807, 2.05) is 25.7 Å². The number of amides is 1. The zero-order valence-corrected chi connectivity index (χ0v) is 11.2. The average Bonchev–Trinajstić information content (AvgIpc) is 2.55. The molecule has 2 atom stereocenters. The molecule has 0 aromatic carbocycles. The van der Waals surface area contributed by atoms with E-state index in [9.17, 15) is 4.79 Å². The van der Waals surface area contributed by atoms with Gasteiger partial charge in [-0.15, -0.1) is 0 Å². The van der Waals surface area contributed by atoms with E-state index in [-0.39, 0.29) is 6.09 Å². The molecule has 17 heavy (non-hydrogen) atoms. The second kappa shape index (κ2) is 4.84. The Morgan fingerprint density at radius 1 is 1.29 bits per heavy atom. The van der Waals surface area contributed by atoms with Crippen LogP contribution < -0.4 is 5.32 Å². The summed E-state index contributed by atoms with van der Waals surface area (Å²) in [5.74, 6) is 0. The summed E-state index contributed by atoms with van der Waals surface area (Å²) in [5, 5.41) is 3.50. The summed E-state index contributed by atoms with van der Waals surface area (Å²) in [7, 11) is 0. The first-order valence-corrected chi connectivity index (χ1v) is 6.70. The fraction of sp³-hybridized carbons (Fsp3) is 0.923. The Labute approximate surface area is 104 Å². The van der Waals surface area contributed by atoms with Crippen LogP contribution in [0, 0.1) is 0 Å². The maximum atomic E-state index is 12.2. The van der Waals surface area contributed by atoms with E-state index in [2.05, 4.69) is 5.32 Å². The first kappa shape index (κ1) is 12.7. The fourth-order valence-electron chi connectivity index (χ4n) is 2.78. The minimum absolute atomic E-state index is 0.141. The average molecular weight is 240 g/mol. The van der Waals surface area contributed by atoms with E-state index in [0.717, 1.165) is 25.9 Å². The Bertz CT molecular complexity index is 286. The molecule has 0 bridgehead atoms. The van der Waals surface area contributed by atoms with Gasteiger partial charge in [-0.05, 0) is 46.6 Å². The lowest BCUT2D eigenvalue weighted by Crippen LogP contribution is -2.47. The first-order chi connectivity index (χ1) is 7.97. The Kier molecular flexibility index (Phi) is 3.61. The molecule has 0 aromatic rings. The van der Waals surface area contributed by atoms with Gasteiger partial charge in [-0.25, -0.2) is 4.79 Å². The largest absolute Gasteiger partial charge is 0.444 e. The van der Waals surface area contributed by atoms with Gasteiger partial charge in [0, 0.05) is 12.6 Å². The van der Waals surface area contributed by atoms with Crippen LogP contribution in [0.4, 0.5) is 4.79 Å². The fourth-order valence-corrected chi connectivity index (χ4v) is 2.78. The number of hydrogen-bond donors (Lipinski definition) is 1. The molecule has 4 nitrogen and oxygen atoms in total. The molecular weight excluding hydrogens is 216 g/mol. The van der Waals surface area contributed by atoms with Crippen LogP contribution in [-0.2, 0) is 4.74 Å². The summed E-state index contributed by atoms with van der Waals surface area (Å²) in [6, 6.07) is 0.817. The van der Waals surface area contributed by atoms with Crippen LogP contribution in [0.3, 0.4) is 0 Å². The quantitative estimate of drug-likeness (QED) is 0.705. The summed E-state index contributed by atoms with van der Waals surface area (Å²) in [5.41, 5.74) is -0.398. The smallest absolute Gasteiger partial charge is 0.410 e. The zero-order valence-electron chi connectivity index (χ0n) is 11.2. The topological polar surface area (TPSA) is 41.6 Å². The molecule has 2 fully saturated rings. The van der Waals surface area contributed by atoms with Gasteiger partial charge in [0.05, 0.1) is 6.04 Å². The molecule has 2 rings (SSSR count). The second-order valence-corrected chi connectivity index (χ2v) is 6.09. The summed E-state index contributed by atoms with van der Waals surface area (Å²) >= 11 is 0. The SMILES string of the molecule is CC(C)(C)OC(=O)N1CCCC[C@@H]2NCC[C@@H]21. The zero-order chi connectivity index (χ0) is 12.5. The third kappa shape index (κ3) is 3.12. The van der Waals surface area contributed by atoms with Gasteiger partial charge in [0.25, 0.3) is 0 Å². The third-order valence-corrected chi connectivity index (χ3v) is 3.50. The molecule has 2 aliphatic rings. The number of carbonyl (C=O) groups is 1. The lowest BCUT2D eigenvalue weighted by molar-refractivity contribution is 0.0163. The van der Waals surface area contributed by atoms with Crippen molar-refractivity contribution < 1.29 is 9.53 Å². The van der Waals surface area contributed by atoms with Crippen molar-refractivity contribution in [2.24, 2.45) is 0 Å². The Morgan fingerprint density at radius 3 is 2.76 bits per heavy atom. The van der Waals surface area contributed by atoms with Gasteiger partial charge in [0.1, 0.15) is 5.60 Å². The Hall–Kier alpha value is -0.770. The first-order valence-electron chi connectivity index (χ1n) is 6.70. The van der Waals surface area contributed by atoms with E-state index in [1.165, 1.54) is 12.8 Å². The van der Waals surface area contributed by atoms with Crippen molar-refractivity contribution in [2.75, 3.05) is 13.1 Å². The van der Waals surface area contributed by atoms with Gasteiger partial charge < -0.3 is 15.0 Å². The van der Waals surface area contributed by atoms with Crippen LogP contribution in [0.2, 0.25) is 0 Å². The van der Waals surface area contributed by atoms with Crippen molar-refractivity contribution in [3.8, 4) is 0 Å². The van der Waals surface area contributed by atoms with Crippen LogP contribution in [-0.4, -0.2) is 41.8 Å². The minimum Gasteiger partial charge on any atom is -0.444 e. The molecule has 2 aliphatic heterocycles. The van der Waals surface area contributed by atoms with E-state index in [4.69, 9.17) is 4.74 Å².